The van der Waals surface area contributed by atoms with Crippen LogP contribution in [0.2, 0.25) is 0 Å². The van der Waals surface area contributed by atoms with Gasteiger partial charge in [-0.3, -0.25) is 4.98 Å². The van der Waals surface area contributed by atoms with Gasteiger partial charge in [-0.1, -0.05) is 84.9 Å². The minimum atomic E-state index is 0.972. The zero-order valence-corrected chi connectivity index (χ0v) is 21.8. The van der Waals surface area contributed by atoms with E-state index in [1.165, 1.54) is 41.7 Å². The van der Waals surface area contributed by atoms with Crippen molar-refractivity contribution in [3.63, 3.8) is 0 Å². The Labute approximate surface area is 229 Å². The molecule has 3 heterocycles. The maximum Gasteiger partial charge on any atom is 0.0788 e. The summed E-state index contributed by atoms with van der Waals surface area (Å²) in [5.41, 5.74) is 6.43. The van der Waals surface area contributed by atoms with Crippen molar-refractivity contribution in [1.82, 2.24) is 9.97 Å². The number of rotatable bonds is 3. The topological polar surface area (TPSA) is 25.8 Å². The fourth-order valence-electron chi connectivity index (χ4n) is 5.64. The molecule has 0 N–H and O–H groups in total. The number of benzene rings is 5. The van der Waals surface area contributed by atoms with E-state index in [0.29, 0.717) is 0 Å². The molecule has 0 atom stereocenters. The molecule has 0 aliphatic heterocycles. The highest BCUT2D eigenvalue weighted by Gasteiger charge is 2.16. The predicted molar refractivity (Wildman–Crippen MR) is 166 cm³/mol. The normalized spacial score (nSPS) is 11.6. The molecule has 0 aliphatic carbocycles. The number of thiophene rings is 1. The summed E-state index contributed by atoms with van der Waals surface area (Å²) in [5, 5.41) is 7.57. The van der Waals surface area contributed by atoms with Crippen molar-refractivity contribution in [2.45, 2.75) is 0 Å². The molecule has 2 nitrogen and oxygen atoms in total. The largest absolute Gasteiger partial charge is 0.264 e. The minimum Gasteiger partial charge on any atom is -0.264 e. The van der Waals surface area contributed by atoms with Gasteiger partial charge in [0.05, 0.1) is 11.4 Å². The third-order valence-corrected chi connectivity index (χ3v) is 8.63. The van der Waals surface area contributed by atoms with Gasteiger partial charge in [0.1, 0.15) is 0 Å². The summed E-state index contributed by atoms with van der Waals surface area (Å²) >= 11 is 1.87. The van der Waals surface area contributed by atoms with E-state index in [2.05, 4.69) is 120 Å². The monoisotopic (exact) mass is 514 g/mol. The highest BCUT2D eigenvalue weighted by atomic mass is 32.1. The maximum atomic E-state index is 5.29. The zero-order chi connectivity index (χ0) is 25.8. The summed E-state index contributed by atoms with van der Waals surface area (Å²) in [4.78, 5) is 9.61. The zero-order valence-electron chi connectivity index (χ0n) is 21.0. The molecule has 3 aromatic heterocycles. The first kappa shape index (κ1) is 22.2. The van der Waals surface area contributed by atoms with Gasteiger partial charge in [0.2, 0.25) is 0 Å². The quantitative estimate of drug-likeness (QED) is 0.234. The summed E-state index contributed by atoms with van der Waals surface area (Å²) in [7, 11) is 0. The van der Waals surface area contributed by atoms with Crippen LogP contribution in [0.1, 0.15) is 0 Å². The summed E-state index contributed by atoms with van der Waals surface area (Å²) in [6.07, 6.45) is 3.72. The third-order valence-electron chi connectivity index (χ3n) is 7.51. The van der Waals surface area contributed by atoms with Crippen LogP contribution in [0.4, 0.5) is 0 Å². The van der Waals surface area contributed by atoms with Crippen LogP contribution in [0.25, 0.3) is 75.4 Å². The Bertz CT molecular complexity index is 2160. The van der Waals surface area contributed by atoms with Crippen molar-refractivity contribution in [2.75, 3.05) is 0 Å². The molecular formula is C36H22N2S. The van der Waals surface area contributed by atoms with Crippen LogP contribution < -0.4 is 0 Å². The van der Waals surface area contributed by atoms with Gasteiger partial charge in [0.15, 0.2) is 0 Å². The van der Waals surface area contributed by atoms with Crippen molar-refractivity contribution in [2.24, 2.45) is 0 Å². The molecule has 0 saturated carbocycles. The second-order valence-corrected chi connectivity index (χ2v) is 11.0. The lowest BCUT2D eigenvalue weighted by Crippen LogP contribution is -1.92. The van der Waals surface area contributed by atoms with Gasteiger partial charge in [-0.15, -0.1) is 11.3 Å². The number of aromatic nitrogens is 2. The Kier molecular flexibility index (Phi) is 5.04. The van der Waals surface area contributed by atoms with Crippen LogP contribution in [0, 0.1) is 0 Å². The first-order chi connectivity index (χ1) is 19.3. The van der Waals surface area contributed by atoms with Crippen molar-refractivity contribution >= 4 is 53.1 Å². The molecule has 0 bridgehead atoms. The average molecular weight is 515 g/mol. The van der Waals surface area contributed by atoms with Gasteiger partial charge in [-0.25, -0.2) is 4.98 Å². The van der Waals surface area contributed by atoms with Crippen LogP contribution in [-0.2, 0) is 0 Å². The molecule has 0 saturated heterocycles. The second kappa shape index (κ2) is 8.87. The van der Waals surface area contributed by atoms with Gasteiger partial charge in [-0.2, -0.15) is 0 Å². The van der Waals surface area contributed by atoms with E-state index in [-0.39, 0.29) is 0 Å². The molecule has 0 aliphatic rings. The van der Waals surface area contributed by atoms with Gasteiger partial charge in [0, 0.05) is 54.6 Å². The Hall–Kier alpha value is -4.86. The molecule has 182 valence electrons. The first-order valence-corrected chi connectivity index (χ1v) is 13.9. The van der Waals surface area contributed by atoms with Crippen molar-refractivity contribution < 1.29 is 0 Å². The van der Waals surface area contributed by atoms with Gasteiger partial charge in [0.25, 0.3) is 0 Å². The van der Waals surface area contributed by atoms with Crippen LogP contribution >= 0.6 is 11.3 Å². The number of hydrogen-bond acceptors (Lipinski definition) is 3. The highest BCUT2D eigenvalue weighted by Crippen LogP contribution is 2.43. The lowest BCUT2D eigenvalue weighted by molar-refractivity contribution is 1.33. The lowest BCUT2D eigenvalue weighted by Gasteiger charge is -2.12. The molecule has 0 fully saturated rings. The molecule has 0 amide bonds. The van der Waals surface area contributed by atoms with E-state index < -0.39 is 0 Å². The van der Waals surface area contributed by atoms with E-state index in [4.69, 9.17) is 4.98 Å². The summed E-state index contributed by atoms with van der Waals surface area (Å²) < 4.78 is 2.61. The minimum absolute atomic E-state index is 0.972. The molecule has 3 heteroatoms. The van der Waals surface area contributed by atoms with Gasteiger partial charge in [-0.05, 0) is 58.1 Å². The molecule has 0 unspecified atom stereocenters. The average Bonchev–Trinajstić information content (AvgIpc) is 3.38. The van der Waals surface area contributed by atoms with Gasteiger partial charge < -0.3 is 0 Å². The molecule has 5 aromatic carbocycles. The standard InChI is InChI=1S/C36H22N2S/c1-2-8-23(9-3-1)36-29-15-16-33-35(31-19-25-10-4-5-11-26(25)20-34(31)39-33)30(29)21-32(38-36)27-13-6-12-24(18-27)28-14-7-17-37-22-28/h1-22H. The molecule has 0 radical (unpaired) electrons. The van der Waals surface area contributed by atoms with Crippen molar-refractivity contribution in [1.29, 1.82) is 0 Å². The van der Waals surface area contributed by atoms with Crippen LogP contribution in [0.5, 0.6) is 0 Å². The Balaban J connectivity index is 1.46. The fraction of sp³-hybridized carbons (Fsp3) is 0. The SMILES string of the molecule is c1ccc(-c2nc(-c3cccc(-c4cccnc4)c3)cc3c2ccc2sc4cc5ccccc5cc4c23)cc1. The summed E-state index contributed by atoms with van der Waals surface area (Å²) in [6, 6.07) is 43.4. The summed E-state index contributed by atoms with van der Waals surface area (Å²) in [6.45, 7) is 0. The van der Waals surface area contributed by atoms with E-state index in [1.807, 2.05) is 29.8 Å². The smallest absolute Gasteiger partial charge is 0.0788 e. The third kappa shape index (κ3) is 3.70. The number of nitrogens with zero attached hydrogens (tertiary/aromatic N) is 2. The predicted octanol–water partition coefficient (Wildman–Crippen LogP) is 10.2. The highest BCUT2D eigenvalue weighted by molar-refractivity contribution is 7.26. The Morgan fingerprint density at radius 1 is 0.487 bits per heavy atom. The maximum absolute atomic E-state index is 5.29. The molecular weight excluding hydrogens is 492 g/mol. The molecule has 39 heavy (non-hydrogen) atoms. The van der Waals surface area contributed by atoms with E-state index in [9.17, 15) is 0 Å². The number of pyridine rings is 2. The van der Waals surface area contributed by atoms with Crippen LogP contribution in [0.15, 0.2) is 134 Å². The first-order valence-electron chi connectivity index (χ1n) is 13.1. The van der Waals surface area contributed by atoms with Gasteiger partial charge >= 0.3 is 0 Å². The van der Waals surface area contributed by atoms with E-state index in [1.54, 1.807) is 0 Å². The summed E-state index contributed by atoms with van der Waals surface area (Å²) in [5.74, 6) is 0. The Morgan fingerprint density at radius 3 is 2.10 bits per heavy atom. The van der Waals surface area contributed by atoms with E-state index in [0.717, 1.165) is 33.6 Å². The molecule has 8 aromatic rings. The second-order valence-electron chi connectivity index (χ2n) is 9.88. The fourth-order valence-corrected chi connectivity index (χ4v) is 6.79. The van der Waals surface area contributed by atoms with Crippen LogP contribution in [0.3, 0.4) is 0 Å². The van der Waals surface area contributed by atoms with Crippen molar-refractivity contribution in [3.8, 4) is 33.6 Å². The molecule has 0 spiro atoms. The number of hydrogen-bond donors (Lipinski definition) is 0. The van der Waals surface area contributed by atoms with Crippen molar-refractivity contribution in [3.05, 3.63) is 134 Å². The number of fused-ring (bicyclic) bond motifs is 6. The van der Waals surface area contributed by atoms with E-state index >= 15 is 0 Å². The Morgan fingerprint density at radius 2 is 1.26 bits per heavy atom. The molecule has 8 rings (SSSR count). The lowest BCUT2D eigenvalue weighted by atomic mass is 9.96. The van der Waals surface area contributed by atoms with Crippen LogP contribution in [-0.4, -0.2) is 9.97 Å².